The predicted octanol–water partition coefficient (Wildman–Crippen LogP) is 4.90. The van der Waals surface area contributed by atoms with Crippen LogP contribution in [0.2, 0.25) is 0 Å². The lowest BCUT2D eigenvalue weighted by molar-refractivity contribution is -0.137. The molecule has 0 saturated carbocycles. The molecule has 0 radical (unpaired) electrons. The van der Waals surface area contributed by atoms with E-state index in [1.807, 2.05) is 13.8 Å². The predicted molar refractivity (Wildman–Crippen MR) is 70.2 cm³/mol. The third-order valence-electron chi connectivity index (χ3n) is 3.79. The topological polar surface area (TPSA) is 60.8 Å². The molecule has 0 aliphatic carbocycles. The van der Waals surface area contributed by atoms with Crippen LogP contribution >= 0.6 is 0 Å². The monoisotopic (exact) mass is 284 g/mol. The fourth-order valence-corrected chi connectivity index (χ4v) is 2.65. The van der Waals surface area contributed by atoms with E-state index < -0.39 is 17.8 Å². The number of benzene rings is 1. The lowest BCUT2D eigenvalue weighted by Gasteiger charge is -2.36. The van der Waals surface area contributed by atoms with Crippen molar-refractivity contribution >= 4 is 5.69 Å². The quantitative estimate of drug-likeness (QED) is 0.468. The largest absolute Gasteiger partial charge is 0.416 e. The number of nitrogens with one attached hydrogen (secondary N) is 1. The number of hydrogen-bond donors (Lipinski definition) is 1. The van der Waals surface area contributed by atoms with E-state index in [-0.39, 0.29) is 12.0 Å². The summed E-state index contributed by atoms with van der Waals surface area (Å²) in [4.78, 5) is 2.79. The van der Waals surface area contributed by atoms with E-state index in [4.69, 9.17) is 5.53 Å². The van der Waals surface area contributed by atoms with Crippen molar-refractivity contribution in [1.29, 1.82) is 0 Å². The highest BCUT2D eigenvalue weighted by molar-refractivity contribution is 5.57. The van der Waals surface area contributed by atoms with Gasteiger partial charge >= 0.3 is 6.18 Å². The summed E-state index contributed by atoms with van der Waals surface area (Å²) < 4.78 is 38.4. The van der Waals surface area contributed by atoms with Crippen LogP contribution in [0.5, 0.6) is 0 Å². The standard InChI is InChI=1S/C13H15F3N4/c1-3-10-7(2)12(19-20-17)9-6-8(13(14,15)16)4-5-11(9)18-10/h4-7,10,12,18H,3H2,1-2H3. The summed E-state index contributed by atoms with van der Waals surface area (Å²) in [5.74, 6) is -0.0631. The van der Waals surface area contributed by atoms with Gasteiger partial charge in [-0.1, -0.05) is 19.0 Å². The van der Waals surface area contributed by atoms with Crippen LogP contribution < -0.4 is 5.32 Å². The maximum atomic E-state index is 12.8. The van der Waals surface area contributed by atoms with Crippen LogP contribution in [0.25, 0.3) is 10.4 Å². The number of rotatable bonds is 2. The highest BCUT2D eigenvalue weighted by Gasteiger charge is 2.36. The molecule has 0 spiro atoms. The minimum absolute atomic E-state index is 0.0631. The van der Waals surface area contributed by atoms with Gasteiger partial charge < -0.3 is 5.32 Å². The van der Waals surface area contributed by atoms with Gasteiger partial charge in [0.15, 0.2) is 0 Å². The smallest absolute Gasteiger partial charge is 0.382 e. The second kappa shape index (κ2) is 5.25. The van der Waals surface area contributed by atoms with Crippen molar-refractivity contribution in [1.82, 2.24) is 0 Å². The summed E-state index contributed by atoms with van der Waals surface area (Å²) >= 11 is 0. The van der Waals surface area contributed by atoms with E-state index in [1.165, 1.54) is 6.07 Å². The summed E-state index contributed by atoms with van der Waals surface area (Å²) in [5, 5.41) is 6.91. The summed E-state index contributed by atoms with van der Waals surface area (Å²) in [7, 11) is 0. The van der Waals surface area contributed by atoms with Crippen LogP contribution in [-0.4, -0.2) is 6.04 Å². The Labute approximate surface area is 114 Å². The van der Waals surface area contributed by atoms with Crippen molar-refractivity contribution < 1.29 is 13.2 Å². The fourth-order valence-electron chi connectivity index (χ4n) is 2.65. The first-order valence-electron chi connectivity index (χ1n) is 6.40. The van der Waals surface area contributed by atoms with E-state index in [9.17, 15) is 13.2 Å². The molecule has 20 heavy (non-hydrogen) atoms. The fraction of sp³-hybridized carbons (Fsp3) is 0.538. The molecular formula is C13H15F3N4. The van der Waals surface area contributed by atoms with E-state index >= 15 is 0 Å². The van der Waals surface area contributed by atoms with Crippen molar-refractivity contribution in [3.8, 4) is 0 Å². The zero-order valence-electron chi connectivity index (χ0n) is 11.1. The Bertz CT molecular complexity index is 549. The minimum atomic E-state index is -4.40. The zero-order valence-corrected chi connectivity index (χ0v) is 11.1. The highest BCUT2D eigenvalue weighted by Crippen LogP contribution is 2.42. The second-order valence-electron chi connectivity index (χ2n) is 4.97. The van der Waals surface area contributed by atoms with Gasteiger partial charge in [0.2, 0.25) is 0 Å². The van der Waals surface area contributed by atoms with Gasteiger partial charge in [0.25, 0.3) is 0 Å². The SMILES string of the molecule is CCC1Nc2ccc(C(F)(F)F)cc2C(N=[N+]=[N-])C1C. The van der Waals surface area contributed by atoms with E-state index in [1.54, 1.807) is 0 Å². The molecule has 4 nitrogen and oxygen atoms in total. The summed E-state index contributed by atoms with van der Waals surface area (Å²) in [6.07, 6.45) is -3.60. The van der Waals surface area contributed by atoms with Gasteiger partial charge in [0.05, 0.1) is 11.6 Å². The number of alkyl halides is 3. The Morgan fingerprint density at radius 3 is 2.65 bits per heavy atom. The Balaban J connectivity index is 2.53. The molecule has 0 saturated heterocycles. The summed E-state index contributed by atoms with van der Waals surface area (Å²) in [6, 6.07) is 3.02. The maximum Gasteiger partial charge on any atom is 0.416 e. The molecule has 1 heterocycles. The molecule has 0 amide bonds. The van der Waals surface area contributed by atoms with Crippen molar-refractivity contribution in [3.63, 3.8) is 0 Å². The van der Waals surface area contributed by atoms with Crippen LogP contribution in [0.15, 0.2) is 23.3 Å². The van der Waals surface area contributed by atoms with Crippen LogP contribution in [0.4, 0.5) is 18.9 Å². The highest BCUT2D eigenvalue weighted by atomic mass is 19.4. The number of hydrogen-bond acceptors (Lipinski definition) is 2. The molecule has 0 bridgehead atoms. The summed E-state index contributed by atoms with van der Waals surface area (Å²) in [6.45, 7) is 3.86. The first kappa shape index (κ1) is 14.5. The van der Waals surface area contributed by atoms with Crippen LogP contribution in [0.1, 0.15) is 37.4 Å². The molecule has 1 N–H and O–H groups in total. The van der Waals surface area contributed by atoms with Gasteiger partial charge in [-0.05, 0) is 41.6 Å². The van der Waals surface area contributed by atoms with Crippen molar-refractivity contribution in [2.24, 2.45) is 11.0 Å². The Hall–Kier alpha value is -1.88. The van der Waals surface area contributed by atoms with Crippen molar-refractivity contribution in [2.45, 2.75) is 38.5 Å². The maximum absolute atomic E-state index is 12.8. The number of fused-ring (bicyclic) bond motifs is 1. The molecule has 2 rings (SSSR count). The Morgan fingerprint density at radius 1 is 1.40 bits per heavy atom. The van der Waals surface area contributed by atoms with Crippen LogP contribution in [0.3, 0.4) is 0 Å². The van der Waals surface area contributed by atoms with Crippen LogP contribution in [-0.2, 0) is 6.18 Å². The number of halogens is 3. The summed E-state index contributed by atoms with van der Waals surface area (Å²) in [5.41, 5.74) is 8.97. The number of nitrogens with zero attached hydrogens (tertiary/aromatic N) is 3. The normalized spacial score (nSPS) is 25.4. The molecule has 1 aromatic carbocycles. The van der Waals surface area contributed by atoms with Crippen molar-refractivity contribution in [2.75, 3.05) is 5.32 Å². The van der Waals surface area contributed by atoms with Gasteiger partial charge in [-0.25, -0.2) is 0 Å². The van der Waals surface area contributed by atoms with Gasteiger partial charge in [-0.2, -0.15) is 13.2 Å². The lowest BCUT2D eigenvalue weighted by Crippen LogP contribution is -2.35. The van der Waals surface area contributed by atoms with Gasteiger partial charge in [0, 0.05) is 16.6 Å². The zero-order chi connectivity index (χ0) is 14.9. The second-order valence-corrected chi connectivity index (χ2v) is 4.97. The third kappa shape index (κ3) is 2.54. The molecule has 1 aliphatic rings. The molecule has 3 atom stereocenters. The molecular weight excluding hydrogens is 269 g/mol. The Kier molecular flexibility index (Phi) is 3.81. The first-order chi connectivity index (χ1) is 9.38. The average Bonchev–Trinajstić information content (AvgIpc) is 2.40. The van der Waals surface area contributed by atoms with E-state index in [2.05, 4.69) is 15.3 Å². The number of anilines is 1. The molecule has 108 valence electrons. The van der Waals surface area contributed by atoms with E-state index in [0.29, 0.717) is 11.3 Å². The number of azide groups is 1. The molecule has 1 aromatic rings. The van der Waals surface area contributed by atoms with Crippen LogP contribution in [0, 0.1) is 5.92 Å². The van der Waals surface area contributed by atoms with Gasteiger partial charge in [0.1, 0.15) is 0 Å². The molecule has 1 aliphatic heterocycles. The Morgan fingerprint density at radius 2 is 2.10 bits per heavy atom. The first-order valence-corrected chi connectivity index (χ1v) is 6.40. The lowest BCUT2D eigenvalue weighted by atomic mass is 9.82. The molecule has 3 unspecified atom stereocenters. The molecule has 0 fully saturated rings. The minimum Gasteiger partial charge on any atom is -0.382 e. The molecule has 0 aromatic heterocycles. The molecule has 7 heteroatoms. The van der Waals surface area contributed by atoms with Gasteiger partial charge in [-0.15, -0.1) is 0 Å². The average molecular weight is 284 g/mol. The third-order valence-corrected chi connectivity index (χ3v) is 3.79. The van der Waals surface area contributed by atoms with Crippen molar-refractivity contribution in [3.05, 3.63) is 39.8 Å². The van der Waals surface area contributed by atoms with E-state index in [0.717, 1.165) is 18.6 Å². The van der Waals surface area contributed by atoms with Gasteiger partial charge in [-0.3, -0.25) is 0 Å².